The Balaban J connectivity index is 2.51. The van der Waals surface area contributed by atoms with E-state index in [1.54, 1.807) is 31.3 Å². The van der Waals surface area contributed by atoms with Gasteiger partial charge in [-0.2, -0.15) is 0 Å². The highest BCUT2D eigenvalue weighted by molar-refractivity contribution is 6.30. The summed E-state index contributed by atoms with van der Waals surface area (Å²) >= 11 is 5.72. The van der Waals surface area contributed by atoms with Gasteiger partial charge in [-0.3, -0.25) is 14.5 Å². The number of nitrogens with zero attached hydrogens (tertiary/aromatic N) is 1. The van der Waals surface area contributed by atoms with E-state index in [4.69, 9.17) is 16.7 Å². The first-order valence-electron chi connectivity index (χ1n) is 5.38. The van der Waals surface area contributed by atoms with E-state index in [9.17, 15) is 9.59 Å². The largest absolute Gasteiger partial charge is 0.480 e. The lowest BCUT2D eigenvalue weighted by molar-refractivity contribution is -0.142. The van der Waals surface area contributed by atoms with E-state index < -0.39 is 12.0 Å². The fraction of sp³-hybridized carbons (Fsp3) is 0.333. The molecular formula is C12H15ClN2O3. The number of likely N-dealkylation sites (N-methyl/N-ethyl adjacent to an activating group) is 1. The highest BCUT2D eigenvalue weighted by atomic mass is 35.5. The maximum atomic E-state index is 11.7. The van der Waals surface area contributed by atoms with Crippen molar-refractivity contribution >= 4 is 29.2 Å². The lowest BCUT2D eigenvalue weighted by Gasteiger charge is -2.20. The first-order chi connectivity index (χ1) is 8.40. The Morgan fingerprint density at radius 2 is 1.94 bits per heavy atom. The number of hydrogen-bond donors (Lipinski definition) is 2. The molecule has 6 heteroatoms. The molecule has 0 aliphatic rings. The standard InChI is InChI=1S/C12H15ClN2O3/c1-8(12(17)18)15(2)7-11(16)14-10-5-3-9(13)4-6-10/h3-6,8H,7H2,1-2H3,(H,14,16)(H,17,18). The Hall–Kier alpha value is -1.59. The zero-order valence-corrected chi connectivity index (χ0v) is 10.9. The number of aliphatic carboxylic acids is 1. The summed E-state index contributed by atoms with van der Waals surface area (Å²) in [6, 6.07) is 5.99. The second kappa shape index (κ2) is 6.37. The summed E-state index contributed by atoms with van der Waals surface area (Å²) in [4.78, 5) is 23.8. The molecule has 0 fully saturated rings. The summed E-state index contributed by atoms with van der Waals surface area (Å²) in [5.74, 6) is -1.23. The van der Waals surface area contributed by atoms with Crippen molar-refractivity contribution in [1.82, 2.24) is 4.90 Å². The minimum atomic E-state index is -0.961. The third-order valence-corrected chi connectivity index (χ3v) is 2.79. The van der Waals surface area contributed by atoms with Crippen LogP contribution in [0.2, 0.25) is 5.02 Å². The molecule has 1 atom stereocenters. The number of rotatable bonds is 5. The van der Waals surface area contributed by atoms with Crippen molar-refractivity contribution < 1.29 is 14.7 Å². The van der Waals surface area contributed by atoms with Gasteiger partial charge in [0.1, 0.15) is 6.04 Å². The molecule has 0 aliphatic carbocycles. The SMILES string of the molecule is CC(C(=O)O)N(C)CC(=O)Nc1ccc(Cl)cc1. The summed E-state index contributed by atoms with van der Waals surface area (Å²) in [6.45, 7) is 1.54. The van der Waals surface area contributed by atoms with Gasteiger partial charge in [0.05, 0.1) is 6.54 Å². The van der Waals surface area contributed by atoms with Crippen LogP contribution in [0.3, 0.4) is 0 Å². The molecule has 1 aromatic rings. The van der Waals surface area contributed by atoms with E-state index in [1.807, 2.05) is 0 Å². The lowest BCUT2D eigenvalue weighted by Crippen LogP contribution is -2.40. The number of carboxylic acid groups (broad SMARTS) is 1. The maximum Gasteiger partial charge on any atom is 0.320 e. The Bertz CT molecular complexity index is 433. The zero-order valence-electron chi connectivity index (χ0n) is 10.2. The van der Waals surface area contributed by atoms with Gasteiger partial charge in [-0.05, 0) is 38.2 Å². The van der Waals surface area contributed by atoms with Crippen LogP contribution in [0.4, 0.5) is 5.69 Å². The van der Waals surface area contributed by atoms with Gasteiger partial charge in [-0.15, -0.1) is 0 Å². The van der Waals surface area contributed by atoms with Crippen LogP contribution in [0.25, 0.3) is 0 Å². The summed E-state index contributed by atoms with van der Waals surface area (Å²) in [6.07, 6.45) is 0. The quantitative estimate of drug-likeness (QED) is 0.854. The Morgan fingerprint density at radius 3 is 2.44 bits per heavy atom. The number of hydrogen-bond acceptors (Lipinski definition) is 3. The number of carboxylic acids is 1. The molecule has 0 saturated heterocycles. The maximum absolute atomic E-state index is 11.7. The van der Waals surface area contributed by atoms with E-state index in [0.717, 1.165) is 0 Å². The van der Waals surface area contributed by atoms with Crippen molar-refractivity contribution in [3.8, 4) is 0 Å². The minimum Gasteiger partial charge on any atom is -0.480 e. The summed E-state index contributed by atoms with van der Waals surface area (Å²) in [5.41, 5.74) is 0.626. The lowest BCUT2D eigenvalue weighted by atomic mass is 10.3. The van der Waals surface area contributed by atoms with Crippen molar-refractivity contribution in [1.29, 1.82) is 0 Å². The average Bonchev–Trinajstić information content (AvgIpc) is 2.30. The fourth-order valence-corrected chi connectivity index (χ4v) is 1.41. The van der Waals surface area contributed by atoms with Gasteiger partial charge in [0, 0.05) is 10.7 Å². The van der Waals surface area contributed by atoms with Crippen molar-refractivity contribution in [2.24, 2.45) is 0 Å². The molecule has 0 radical (unpaired) electrons. The molecule has 1 amide bonds. The Labute approximate surface area is 110 Å². The molecule has 98 valence electrons. The number of halogens is 1. The van der Waals surface area contributed by atoms with Crippen molar-refractivity contribution in [3.63, 3.8) is 0 Å². The number of anilines is 1. The fourth-order valence-electron chi connectivity index (χ4n) is 1.29. The van der Waals surface area contributed by atoms with E-state index in [0.29, 0.717) is 10.7 Å². The van der Waals surface area contributed by atoms with Gasteiger partial charge in [-0.1, -0.05) is 11.6 Å². The molecule has 1 unspecified atom stereocenters. The molecular weight excluding hydrogens is 256 g/mol. The van der Waals surface area contributed by atoms with Gasteiger partial charge < -0.3 is 10.4 Å². The highest BCUT2D eigenvalue weighted by Gasteiger charge is 2.18. The van der Waals surface area contributed by atoms with E-state index in [1.165, 1.54) is 11.8 Å². The number of amides is 1. The van der Waals surface area contributed by atoms with Crippen LogP contribution in [0, 0.1) is 0 Å². The molecule has 2 N–H and O–H groups in total. The van der Waals surface area contributed by atoms with Crippen molar-refractivity contribution in [2.75, 3.05) is 18.9 Å². The molecule has 5 nitrogen and oxygen atoms in total. The second-order valence-corrected chi connectivity index (χ2v) is 4.42. The first kappa shape index (κ1) is 14.5. The molecule has 0 aromatic heterocycles. The predicted molar refractivity (Wildman–Crippen MR) is 69.8 cm³/mol. The molecule has 18 heavy (non-hydrogen) atoms. The summed E-state index contributed by atoms with van der Waals surface area (Å²) in [7, 11) is 1.58. The molecule has 0 saturated carbocycles. The molecule has 0 bridgehead atoms. The summed E-state index contributed by atoms with van der Waals surface area (Å²) < 4.78 is 0. The molecule has 0 aliphatic heterocycles. The predicted octanol–water partition coefficient (Wildman–Crippen LogP) is 1.68. The molecule has 1 aromatic carbocycles. The number of carbonyl (C=O) groups excluding carboxylic acids is 1. The van der Waals surface area contributed by atoms with Crippen LogP contribution in [0.15, 0.2) is 24.3 Å². The Kier molecular flexibility index (Phi) is 5.12. The summed E-state index contributed by atoms with van der Waals surface area (Å²) in [5, 5.41) is 12.0. The zero-order chi connectivity index (χ0) is 13.7. The molecule has 0 spiro atoms. The molecule has 1 rings (SSSR count). The van der Waals surface area contributed by atoms with Gasteiger partial charge in [0.2, 0.25) is 5.91 Å². The Morgan fingerprint density at radius 1 is 1.39 bits per heavy atom. The second-order valence-electron chi connectivity index (χ2n) is 3.98. The van der Waals surface area contributed by atoms with Gasteiger partial charge >= 0.3 is 5.97 Å². The van der Waals surface area contributed by atoms with Crippen LogP contribution in [-0.4, -0.2) is 41.5 Å². The van der Waals surface area contributed by atoms with Crippen LogP contribution in [0.5, 0.6) is 0 Å². The first-order valence-corrected chi connectivity index (χ1v) is 5.76. The van der Waals surface area contributed by atoms with Crippen molar-refractivity contribution in [2.45, 2.75) is 13.0 Å². The van der Waals surface area contributed by atoms with Crippen LogP contribution in [0.1, 0.15) is 6.92 Å². The van der Waals surface area contributed by atoms with E-state index in [-0.39, 0.29) is 12.5 Å². The monoisotopic (exact) mass is 270 g/mol. The van der Waals surface area contributed by atoms with Crippen LogP contribution < -0.4 is 5.32 Å². The van der Waals surface area contributed by atoms with Crippen LogP contribution in [-0.2, 0) is 9.59 Å². The number of benzene rings is 1. The van der Waals surface area contributed by atoms with Crippen LogP contribution >= 0.6 is 11.6 Å². The third kappa shape index (κ3) is 4.35. The minimum absolute atomic E-state index is 0.0100. The smallest absolute Gasteiger partial charge is 0.320 e. The van der Waals surface area contributed by atoms with E-state index in [2.05, 4.69) is 5.32 Å². The van der Waals surface area contributed by atoms with Crippen molar-refractivity contribution in [3.05, 3.63) is 29.3 Å². The normalized spacial score (nSPS) is 12.2. The number of carbonyl (C=O) groups is 2. The van der Waals surface area contributed by atoms with Gasteiger partial charge in [-0.25, -0.2) is 0 Å². The highest BCUT2D eigenvalue weighted by Crippen LogP contribution is 2.13. The molecule has 0 heterocycles. The van der Waals surface area contributed by atoms with E-state index >= 15 is 0 Å². The van der Waals surface area contributed by atoms with Gasteiger partial charge in [0.25, 0.3) is 0 Å². The third-order valence-electron chi connectivity index (χ3n) is 2.54. The average molecular weight is 271 g/mol. The number of nitrogens with one attached hydrogen (secondary N) is 1. The van der Waals surface area contributed by atoms with Gasteiger partial charge in [0.15, 0.2) is 0 Å². The topological polar surface area (TPSA) is 69.6 Å².